The van der Waals surface area contributed by atoms with E-state index in [-0.39, 0.29) is 16.2 Å². The van der Waals surface area contributed by atoms with Crippen LogP contribution < -0.4 is 0 Å². The van der Waals surface area contributed by atoms with Gasteiger partial charge in [-0.3, -0.25) is 0 Å². The summed E-state index contributed by atoms with van der Waals surface area (Å²) in [6.45, 7) is 0. The molecule has 0 bridgehead atoms. The molecule has 1 atom stereocenters. The van der Waals surface area contributed by atoms with Crippen LogP contribution in [0.3, 0.4) is 0 Å². The number of carbonyl (C=O) groups is 1. The SMILES string of the molecule is O=CC1CS(=O)(=O)c2cccc(F)c21. The monoisotopic (exact) mass is 214 g/mol. The van der Waals surface area contributed by atoms with Gasteiger partial charge in [-0.25, -0.2) is 12.8 Å². The highest BCUT2D eigenvalue weighted by molar-refractivity contribution is 7.91. The molecular formula is C9H7FO3S. The second-order valence-electron chi connectivity index (χ2n) is 3.18. The first-order valence-corrected chi connectivity index (χ1v) is 5.68. The lowest BCUT2D eigenvalue weighted by molar-refractivity contribution is -0.108. The van der Waals surface area contributed by atoms with Crippen LogP contribution in [0.25, 0.3) is 0 Å². The van der Waals surface area contributed by atoms with Gasteiger partial charge in [-0.1, -0.05) is 6.07 Å². The molecule has 0 amide bonds. The van der Waals surface area contributed by atoms with E-state index < -0.39 is 21.6 Å². The molecule has 0 aliphatic carbocycles. The van der Waals surface area contributed by atoms with E-state index in [1.165, 1.54) is 12.1 Å². The average Bonchev–Trinajstić information content (AvgIpc) is 2.40. The van der Waals surface area contributed by atoms with E-state index in [1.807, 2.05) is 0 Å². The van der Waals surface area contributed by atoms with Gasteiger partial charge < -0.3 is 4.79 Å². The topological polar surface area (TPSA) is 51.2 Å². The summed E-state index contributed by atoms with van der Waals surface area (Å²) in [4.78, 5) is 10.5. The van der Waals surface area contributed by atoms with Crippen LogP contribution in [-0.4, -0.2) is 20.5 Å². The minimum atomic E-state index is -3.46. The molecular weight excluding hydrogens is 207 g/mol. The summed E-state index contributed by atoms with van der Waals surface area (Å²) < 4.78 is 36.1. The number of hydrogen-bond donors (Lipinski definition) is 0. The molecule has 2 rings (SSSR count). The lowest BCUT2D eigenvalue weighted by Gasteiger charge is -2.01. The van der Waals surface area contributed by atoms with Crippen LogP contribution in [0, 0.1) is 5.82 Å². The molecule has 5 heteroatoms. The van der Waals surface area contributed by atoms with E-state index in [0.717, 1.165) is 6.07 Å². The molecule has 1 aromatic rings. The van der Waals surface area contributed by atoms with E-state index in [2.05, 4.69) is 0 Å². The molecule has 1 aliphatic heterocycles. The van der Waals surface area contributed by atoms with Crippen molar-refractivity contribution in [3.05, 3.63) is 29.6 Å². The molecule has 0 aromatic heterocycles. The van der Waals surface area contributed by atoms with Gasteiger partial charge in [-0.15, -0.1) is 0 Å². The summed E-state index contributed by atoms with van der Waals surface area (Å²) in [5.41, 5.74) is 0.0162. The average molecular weight is 214 g/mol. The third-order valence-electron chi connectivity index (χ3n) is 2.28. The fourth-order valence-electron chi connectivity index (χ4n) is 1.67. The standard InChI is InChI=1S/C9H7FO3S/c10-7-2-1-3-8-9(7)6(4-11)5-14(8,12)13/h1-4,6H,5H2. The zero-order valence-electron chi connectivity index (χ0n) is 7.10. The highest BCUT2D eigenvalue weighted by Crippen LogP contribution is 2.35. The van der Waals surface area contributed by atoms with Gasteiger partial charge in [-0.2, -0.15) is 0 Å². The number of fused-ring (bicyclic) bond motifs is 1. The molecule has 74 valence electrons. The van der Waals surface area contributed by atoms with Gasteiger partial charge >= 0.3 is 0 Å². The predicted octanol–water partition coefficient (Wildman–Crippen LogP) is 0.896. The number of sulfone groups is 1. The van der Waals surface area contributed by atoms with Crippen molar-refractivity contribution in [1.29, 1.82) is 0 Å². The maximum absolute atomic E-state index is 13.2. The summed E-state index contributed by atoms with van der Waals surface area (Å²) in [5, 5.41) is 0. The van der Waals surface area contributed by atoms with Gasteiger partial charge in [-0.05, 0) is 12.1 Å². The van der Waals surface area contributed by atoms with Crippen LogP contribution in [-0.2, 0) is 14.6 Å². The van der Waals surface area contributed by atoms with Gasteiger partial charge in [0.2, 0.25) is 0 Å². The van der Waals surface area contributed by atoms with Crippen molar-refractivity contribution in [3.63, 3.8) is 0 Å². The first-order chi connectivity index (χ1) is 6.56. The van der Waals surface area contributed by atoms with Crippen LogP contribution in [0.1, 0.15) is 11.5 Å². The zero-order valence-corrected chi connectivity index (χ0v) is 7.92. The number of hydrogen-bond acceptors (Lipinski definition) is 3. The molecule has 0 spiro atoms. The van der Waals surface area contributed by atoms with E-state index in [1.54, 1.807) is 0 Å². The van der Waals surface area contributed by atoms with Crippen molar-refractivity contribution < 1.29 is 17.6 Å². The Labute approximate surface area is 80.5 Å². The highest BCUT2D eigenvalue weighted by Gasteiger charge is 2.36. The number of halogens is 1. The van der Waals surface area contributed by atoms with Crippen LogP contribution in [0.2, 0.25) is 0 Å². The van der Waals surface area contributed by atoms with E-state index in [4.69, 9.17) is 0 Å². The molecule has 0 fully saturated rings. The van der Waals surface area contributed by atoms with Crippen LogP contribution in [0.5, 0.6) is 0 Å². The van der Waals surface area contributed by atoms with Crippen molar-refractivity contribution in [3.8, 4) is 0 Å². The van der Waals surface area contributed by atoms with Gasteiger partial charge in [0, 0.05) is 5.56 Å². The van der Waals surface area contributed by atoms with Crippen molar-refractivity contribution in [2.45, 2.75) is 10.8 Å². The molecule has 1 unspecified atom stereocenters. The fourth-order valence-corrected chi connectivity index (χ4v) is 3.43. The van der Waals surface area contributed by atoms with Crippen LogP contribution in [0.15, 0.2) is 23.1 Å². The summed E-state index contributed by atoms with van der Waals surface area (Å²) >= 11 is 0. The van der Waals surface area contributed by atoms with Gasteiger partial charge in [0.05, 0.1) is 16.6 Å². The van der Waals surface area contributed by atoms with Gasteiger partial charge in [0.25, 0.3) is 0 Å². The third kappa shape index (κ3) is 1.16. The molecule has 0 N–H and O–H groups in total. The predicted molar refractivity (Wildman–Crippen MR) is 47.3 cm³/mol. The smallest absolute Gasteiger partial charge is 0.179 e. The second-order valence-corrected chi connectivity index (χ2v) is 5.18. The summed E-state index contributed by atoms with van der Waals surface area (Å²) in [6, 6.07) is 3.83. The van der Waals surface area contributed by atoms with E-state index >= 15 is 0 Å². The largest absolute Gasteiger partial charge is 0.303 e. The first kappa shape index (κ1) is 9.33. The number of aldehydes is 1. The maximum Gasteiger partial charge on any atom is 0.179 e. The molecule has 0 saturated carbocycles. The second kappa shape index (κ2) is 2.88. The molecule has 0 saturated heterocycles. The molecule has 14 heavy (non-hydrogen) atoms. The van der Waals surface area contributed by atoms with Crippen molar-refractivity contribution in [2.75, 3.05) is 5.75 Å². The quantitative estimate of drug-likeness (QED) is 0.652. The summed E-state index contributed by atoms with van der Waals surface area (Å²) in [5.74, 6) is -1.79. The minimum absolute atomic E-state index is 0.0162. The molecule has 3 nitrogen and oxygen atoms in total. The van der Waals surface area contributed by atoms with E-state index in [0.29, 0.717) is 6.29 Å². The number of benzene rings is 1. The van der Waals surface area contributed by atoms with Gasteiger partial charge in [0.15, 0.2) is 9.84 Å². The summed E-state index contributed by atoms with van der Waals surface area (Å²) in [7, 11) is -3.46. The van der Waals surface area contributed by atoms with Crippen molar-refractivity contribution >= 4 is 16.1 Å². The Morgan fingerprint density at radius 1 is 1.43 bits per heavy atom. The van der Waals surface area contributed by atoms with Crippen LogP contribution >= 0.6 is 0 Å². The number of carbonyl (C=O) groups excluding carboxylic acids is 1. The summed E-state index contributed by atoms with van der Waals surface area (Å²) in [6.07, 6.45) is 0.479. The lowest BCUT2D eigenvalue weighted by Crippen LogP contribution is -2.04. The van der Waals surface area contributed by atoms with Crippen molar-refractivity contribution in [2.24, 2.45) is 0 Å². The third-order valence-corrected chi connectivity index (χ3v) is 4.11. The maximum atomic E-state index is 13.2. The minimum Gasteiger partial charge on any atom is -0.303 e. The molecule has 1 heterocycles. The Bertz CT molecular complexity index is 493. The lowest BCUT2D eigenvalue weighted by atomic mass is 10.0. The highest BCUT2D eigenvalue weighted by atomic mass is 32.2. The zero-order chi connectivity index (χ0) is 10.3. The first-order valence-electron chi connectivity index (χ1n) is 4.03. The Morgan fingerprint density at radius 3 is 2.79 bits per heavy atom. The van der Waals surface area contributed by atoms with E-state index in [9.17, 15) is 17.6 Å². The van der Waals surface area contributed by atoms with Gasteiger partial charge in [0.1, 0.15) is 12.1 Å². The fraction of sp³-hybridized carbons (Fsp3) is 0.222. The van der Waals surface area contributed by atoms with Crippen molar-refractivity contribution in [1.82, 2.24) is 0 Å². The Hall–Kier alpha value is -1.23. The molecule has 0 radical (unpaired) electrons. The Kier molecular flexibility index (Phi) is 1.92. The molecule has 1 aromatic carbocycles. The molecule has 1 aliphatic rings. The number of rotatable bonds is 1. The Morgan fingerprint density at radius 2 is 2.14 bits per heavy atom. The van der Waals surface area contributed by atoms with Crippen LogP contribution in [0.4, 0.5) is 4.39 Å². The Balaban J connectivity index is 2.77. The normalized spacial score (nSPS) is 23.1.